The Morgan fingerprint density at radius 3 is 1.09 bits per heavy atom. The highest BCUT2D eigenvalue weighted by molar-refractivity contribution is 6.10. The molecule has 76 heavy (non-hydrogen) atoms. The third-order valence-corrected chi connectivity index (χ3v) is 13.1. The lowest BCUT2D eigenvalue weighted by Gasteiger charge is -2.08. The number of unbranched alkanes of at least 4 members (excludes halogenated alkanes) is 18. The summed E-state index contributed by atoms with van der Waals surface area (Å²) in [4.78, 5) is 48.5. The number of carbonyl (C=O) groups excluding carboxylic acids is 3. The Labute approximate surface area is 450 Å². The van der Waals surface area contributed by atoms with Gasteiger partial charge in [0.15, 0.2) is 5.78 Å². The molecule has 0 fully saturated rings. The van der Waals surface area contributed by atoms with E-state index >= 15 is 0 Å². The van der Waals surface area contributed by atoms with E-state index in [9.17, 15) is 24.6 Å². The predicted octanol–water partition coefficient (Wildman–Crippen LogP) is 16.9. The van der Waals surface area contributed by atoms with Gasteiger partial charge < -0.3 is 29.2 Å². The van der Waals surface area contributed by atoms with Gasteiger partial charge in [-0.15, -0.1) is 0 Å². The van der Waals surface area contributed by atoms with Gasteiger partial charge in [0.1, 0.15) is 34.5 Å². The van der Waals surface area contributed by atoms with Crippen molar-refractivity contribution in [3.8, 4) is 34.5 Å². The maximum atomic E-state index is 13.7. The summed E-state index contributed by atoms with van der Waals surface area (Å²) < 4.78 is 22.8. The lowest BCUT2D eigenvalue weighted by molar-refractivity contribution is 0.0724. The van der Waals surface area contributed by atoms with E-state index in [0.29, 0.717) is 69.5 Å². The van der Waals surface area contributed by atoms with Crippen LogP contribution in [-0.4, -0.2) is 53.6 Å². The predicted molar refractivity (Wildman–Crippen MR) is 305 cm³/mol. The molecule has 0 unspecified atom stereocenters. The minimum Gasteiger partial charge on any atom is -0.507 e. The molecule has 6 aromatic rings. The molecule has 0 radical (unpaired) electrons. The van der Waals surface area contributed by atoms with Crippen molar-refractivity contribution in [2.24, 2.45) is 9.98 Å². The van der Waals surface area contributed by atoms with Gasteiger partial charge in [0.25, 0.3) is 0 Å². The Morgan fingerprint density at radius 1 is 0.395 bits per heavy atom. The first-order valence-electron chi connectivity index (χ1n) is 27.6. The summed E-state index contributed by atoms with van der Waals surface area (Å²) in [7, 11) is 0. The fourth-order valence-corrected chi connectivity index (χ4v) is 8.57. The van der Waals surface area contributed by atoms with Gasteiger partial charge in [-0.05, 0) is 110 Å². The zero-order valence-corrected chi connectivity index (χ0v) is 44.6. The van der Waals surface area contributed by atoms with E-state index in [0.717, 1.165) is 25.7 Å². The summed E-state index contributed by atoms with van der Waals surface area (Å²) in [5.74, 6) is 0.0749. The van der Waals surface area contributed by atoms with Gasteiger partial charge >= 0.3 is 11.9 Å². The molecule has 2 N–H and O–H groups in total. The molecule has 6 rings (SSSR count). The molecule has 11 nitrogen and oxygen atoms in total. The quantitative estimate of drug-likeness (QED) is 0.0132. The highest BCUT2D eigenvalue weighted by atomic mass is 16.5. The van der Waals surface area contributed by atoms with Gasteiger partial charge in [0.2, 0.25) is 0 Å². The van der Waals surface area contributed by atoms with Crippen LogP contribution in [0.2, 0.25) is 0 Å². The second-order valence-electron chi connectivity index (χ2n) is 19.3. The first kappa shape index (κ1) is 57.7. The highest BCUT2D eigenvalue weighted by Gasteiger charge is 2.14. The number of hydrogen-bond donors (Lipinski definition) is 2. The topological polar surface area (TPSA) is 153 Å². The van der Waals surface area contributed by atoms with Gasteiger partial charge in [-0.25, -0.2) is 9.59 Å². The van der Waals surface area contributed by atoms with Crippen molar-refractivity contribution in [2.45, 2.75) is 142 Å². The Hall–Kier alpha value is -7.53. The van der Waals surface area contributed by atoms with Crippen molar-refractivity contribution in [1.29, 1.82) is 0 Å². The van der Waals surface area contributed by atoms with Crippen molar-refractivity contribution < 1.29 is 43.5 Å². The molecule has 0 bridgehead atoms. The second-order valence-corrected chi connectivity index (χ2v) is 19.3. The molecule has 0 aliphatic carbocycles. The number of esters is 2. The van der Waals surface area contributed by atoms with Gasteiger partial charge in [0.05, 0.1) is 35.7 Å². The molecule has 11 heteroatoms. The number of benzene rings is 6. The number of phenols is 2. The van der Waals surface area contributed by atoms with Crippen molar-refractivity contribution >= 4 is 41.5 Å². The molecule has 0 spiro atoms. The summed E-state index contributed by atoms with van der Waals surface area (Å²) in [6.07, 6.45) is 28.1. The molecule has 0 aliphatic rings. The fourth-order valence-electron chi connectivity index (χ4n) is 8.57. The summed E-state index contributed by atoms with van der Waals surface area (Å²) in [6.45, 7) is 5.75. The summed E-state index contributed by atoms with van der Waals surface area (Å²) in [5, 5.41) is 21.6. The Balaban J connectivity index is 0.922. The zero-order valence-electron chi connectivity index (χ0n) is 44.6. The number of aliphatic imine (C=N–C) groups is 2. The number of ketones is 1. The van der Waals surface area contributed by atoms with E-state index in [-0.39, 0.29) is 28.8 Å². The van der Waals surface area contributed by atoms with Crippen LogP contribution >= 0.6 is 0 Å². The van der Waals surface area contributed by atoms with Crippen LogP contribution in [-0.2, 0) is 0 Å². The number of rotatable bonds is 34. The van der Waals surface area contributed by atoms with Crippen molar-refractivity contribution in [3.63, 3.8) is 0 Å². The number of aromatic hydroxyl groups is 2. The number of phenolic OH excluding ortho intramolecular Hbond substituents is 2. The molecule has 0 saturated carbocycles. The van der Waals surface area contributed by atoms with Crippen molar-refractivity contribution in [2.75, 3.05) is 13.2 Å². The monoisotopic (exact) mass is 1030 g/mol. The minimum absolute atomic E-state index is 0.139. The van der Waals surface area contributed by atoms with Crippen LogP contribution in [0, 0.1) is 0 Å². The standard InChI is InChI=1S/C65H76N2O9/c1-3-5-7-9-11-13-15-17-19-21-41-73-57-35-29-49(30-36-57)64(71)75-59-39-33-53(61(68)45-59)47-66-55-27-23-25-51(43-55)63(70)52-26-24-28-56(44-52)67-48-54-34-40-60(46-62(54)69)76-65(72)50-31-37-58(38-32-50)74-42-22-20-18-16-14-12-10-8-6-4-2/h23-40,43-48,68-69H,3-22,41-42H2,1-2H3. The normalized spacial score (nSPS) is 11.3. The zero-order chi connectivity index (χ0) is 53.6. The molecule has 0 amide bonds. The molecule has 0 saturated heterocycles. The van der Waals surface area contributed by atoms with Crippen molar-refractivity contribution in [3.05, 3.63) is 167 Å². The SMILES string of the molecule is CCCCCCCCCCCCOc1ccc(C(=O)Oc2ccc(C=Nc3cccc(C(=O)c4cccc(N=Cc5ccc(OC(=O)c6ccc(OCCCCCCCCCCCC)cc6)cc5O)c4)c3)c(O)c2)cc1. The first-order valence-corrected chi connectivity index (χ1v) is 27.6. The molecule has 0 aliphatic heterocycles. The summed E-state index contributed by atoms with van der Waals surface area (Å²) in [6, 6.07) is 36.3. The van der Waals surface area contributed by atoms with Crippen LogP contribution in [0.5, 0.6) is 34.5 Å². The molecular weight excluding hydrogens is 953 g/mol. The maximum absolute atomic E-state index is 13.7. The number of hydrogen-bond acceptors (Lipinski definition) is 11. The number of carbonyl (C=O) groups is 3. The van der Waals surface area contributed by atoms with Crippen LogP contribution in [0.1, 0.15) is 190 Å². The molecule has 400 valence electrons. The Morgan fingerprint density at radius 2 is 0.737 bits per heavy atom. The second kappa shape index (κ2) is 32.7. The highest BCUT2D eigenvalue weighted by Crippen LogP contribution is 2.28. The lowest BCUT2D eigenvalue weighted by atomic mass is 10.0. The van der Waals surface area contributed by atoms with E-state index in [4.69, 9.17) is 18.9 Å². The largest absolute Gasteiger partial charge is 0.507 e. The third kappa shape index (κ3) is 20.3. The van der Waals surface area contributed by atoms with E-state index in [1.807, 2.05) is 0 Å². The fraction of sp³-hybridized carbons (Fsp3) is 0.369. The summed E-state index contributed by atoms with van der Waals surface area (Å²) >= 11 is 0. The van der Waals surface area contributed by atoms with Gasteiger partial charge in [-0.1, -0.05) is 154 Å². The van der Waals surface area contributed by atoms with Crippen LogP contribution < -0.4 is 18.9 Å². The van der Waals surface area contributed by atoms with Gasteiger partial charge in [0, 0.05) is 46.8 Å². The summed E-state index contributed by atoms with van der Waals surface area (Å²) in [5.41, 5.74) is 3.22. The van der Waals surface area contributed by atoms with Gasteiger partial charge in [-0.2, -0.15) is 0 Å². The van der Waals surface area contributed by atoms with Crippen LogP contribution in [0.4, 0.5) is 11.4 Å². The average molecular weight is 1030 g/mol. The van der Waals surface area contributed by atoms with E-state index in [2.05, 4.69) is 23.8 Å². The van der Waals surface area contributed by atoms with Crippen molar-refractivity contribution in [1.82, 2.24) is 0 Å². The first-order chi connectivity index (χ1) is 37.2. The molecule has 6 aromatic carbocycles. The van der Waals surface area contributed by atoms with Crippen LogP contribution in [0.25, 0.3) is 0 Å². The van der Waals surface area contributed by atoms with E-state index < -0.39 is 11.9 Å². The van der Waals surface area contributed by atoms with Gasteiger partial charge in [-0.3, -0.25) is 14.8 Å². The Kier molecular flexibility index (Phi) is 24.8. The van der Waals surface area contributed by atoms with E-state index in [1.54, 1.807) is 121 Å². The average Bonchev–Trinajstić information content (AvgIpc) is 3.43. The van der Waals surface area contributed by atoms with E-state index in [1.165, 1.54) is 127 Å². The molecule has 0 heterocycles. The number of ether oxygens (including phenoxy) is 4. The smallest absolute Gasteiger partial charge is 0.343 e. The Bertz CT molecular complexity index is 2600. The molecular formula is C65H76N2O9. The third-order valence-electron chi connectivity index (χ3n) is 13.1. The minimum atomic E-state index is -0.565. The molecule has 0 aromatic heterocycles. The number of nitrogens with zero attached hydrogens (tertiary/aromatic N) is 2. The van der Waals surface area contributed by atoms with Crippen LogP contribution in [0.3, 0.4) is 0 Å². The van der Waals surface area contributed by atoms with Crippen LogP contribution in [0.15, 0.2) is 143 Å². The lowest BCUT2D eigenvalue weighted by Crippen LogP contribution is -2.08. The maximum Gasteiger partial charge on any atom is 0.343 e. The molecule has 0 atom stereocenters.